The molecule has 2 rings (SSSR count). The summed E-state index contributed by atoms with van der Waals surface area (Å²) < 4.78 is 5.76. The smallest absolute Gasteiger partial charge is 0.119 e. The molecule has 2 heteroatoms. The summed E-state index contributed by atoms with van der Waals surface area (Å²) in [5, 5.41) is 0. The third kappa shape index (κ3) is 4.42. The number of hydrogen-bond acceptors (Lipinski definition) is 2. The molecular formula is C17H21NO. The molecule has 0 unspecified atom stereocenters. The Bertz CT molecular complexity index is 500. The third-order valence-corrected chi connectivity index (χ3v) is 3.01. The molecule has 19 heavy (non-hydrogen) atoms. The van der Waals surface area contributed by atoms with Crippen LogP contribution in [0.3, 0.4) is 0 Å². The first-order valence-electron chi connectivity index (χ1n) is 6.66. The van der Waals surface area contributed by atoms with Crippen LogP contribution in [-0.2, 0) is 13.0 Å². The highest BCUT2D eigenvalue weighted by Crippen LogP contribution is 2.15. The number of benzene rings is 2. The lowest BCUT2D eigenvalue weighted by molar-refractivity contribution is 0.306. The molecule has 0 aliphatic rings. The molecule has 0 saturated heterocycles. The quantitative estimate of drug-likeness (QED) is 0.888. The highest BCUT2D eigenvalue weighted by molar-refractivity contribution is 5.28. The average Bonchev–Trinajstić information content (AvgIpc) is 2.39. The van der Waals surface area contributed by atoms with Crippen LogP contribution in [0.2, 0.25) is 0 Å². The number of ether oxygens (including phenoxy) is 1. The minimum Gasteiger partial charge on any atom is -0.489 e. The van der Waals surface area contributed by atoms with Crippen LogP contribution < -0.4 is 10.5 Å². The number of aryl methyl sites for hydroxylation is 1. The van der Waals surface area contributed by atoms with Crippen LogP contribution in [0.4, 0.5) is 0 Å². The molecular weight excluding hydrogens is 234 g/mol. The van der Waals surface area contributed by atoms with Crippen LogP contribution in [0.25, 0.3) is 0 Å². The summed E-state index contributed by atoms with van der Waals surface area (Å²) >= 11 is 0. The zero-order valence-electron chi connectivity index (χ0n) is 11.6. The molecule has 0 aromatic heterocycles. The van der Waals surface area contributed by atoms with Gasteiger partial charge in [-0.05, 0) is 43.5 Å². The Morgan fingerprint density at radius 3 is 2.11 bits per heavy atom. The van der Waals surface area contributed by atoms with Gasteiger partial charge in [-0.3, -0.25) is 0 Å². The molecule has 2 aromatic rings. The predicted molar refractivity (Wildman–Crippen MR) is 79.3 cm³/mol. The molecule has 0 amide bonds. The molecule has 0 aliphatic heterocycles. The van der Waals surface area contributed by atoms with Crippen molar-refractivity contribution in [3.05, 3.63) is 65.2 Å². The number of rotatable bonds is 5. The lowest BCUT2D eigenvalue weighted by Gasteiger charge is -2.09. The fourth-order valence-electron chi connectivity index (χ4n) is 1.94. The van der Waals surface area contributed by atoms with E-state index in [-0.39, 0.29) is 6.04 Å². The molecule has 0 radical (unpaired) electrons. The Morgan fingerprint density at radius 2 is 1.53 bits per heavy atom. The molecule has 2 aromatic carbocycles. The Labute approximate surface area is 115 Å². The van der Waals surface area contributed by atoms with Crippen LogP contribution in [0.1, 0.15) is 23.6 Å². The summed E-state index contributed by atoms with van der Waals surface area (Å²) in [6.07, 6.45) is 0.901. The fraction of sp³-hybridized carbons (Fsp3) is 0.294. The predicted octanol–water partition coefficient (Wildman–Crippen LogP) is 3.46. The van der Waals surface area contributed by atoms with Crippen molar-refractivity contribution in [1.82, 2.24) is 0 Å². The van der Waals surface area contributed by atoms with Crippen molar-refractivity contribution in [1.29, 1.82) is 0 Å². The van der Waals surface area contributed by atoms with Gasteiger partial charge in [0.05, 0.1) is 0 Å². The Hall–Kier alpha value is -1.80. The molecule has 0 fully saturated rings. The Morgan fingerprint density at radius 1 is 0.947 bits per heavy atom. The van der Waals surface area contributed by atoms with Crippen molar-refractivity contribution in [2.24, 2.45) is 5.73 Å². The van der Waals surface area contributed by atoms with E-state index in [9.17, 15) is 0 Å². The van der Waals surface area contributed by atoms with E-state index in [4.69, 9.17) is 10.5 Å². The summed E-state index contributed by atoms with van der Waals surface area (Å²) in [6, 6.07) is 16.8. The van der Waals surface area contributed by atoms with Crippen LogP contribution in [0.15, 0.2) is 48.5 Å². The van der Waals surface area contributed by atoms with Crippen molar-refractivity contribution < 1.29 is 4.74 Å². The molecule has 0 aliphatic carbocycles. The molecule has 0 heterocycles. The second-order valence-corrected chi connectivity index (χ2v) is 5.10. The first-order valence-corrected chi connectivity index (χ1v) is 6.66. The van der Waals surface area contributed by atoms with E-state index in [1.165, 1.54) is 16.7 Å². The third-order valence-electron chi connectivity index (χ3n) is 3.01. The van der Waals surface area contributed by atoms with Gasteiger partial charge in [-0.25, -0.2) is 0 Å². The number of nitrogens with two attached hydrogens (primary N) is 1. The van der Waals surface area contributed by atoms with Crippen LogP contribution in [-0.4, -0.2) is 6.04 Å². The standard InChI is InChI=1S/C17H21NO/c1-13-3-5-16(6-4-13)12-19-17-9-7-15(8-10-17)11-14(2)18/h3-10,14H,11-12,18H2,1-2H3/t14-/m1/s1. The lowest BCUT2D eigenvalue weighted by Crippen LogP contribution is -2.17. The highest BCUT2D eigenvalue weighted by atomic mass is 16.5. The first-order chi connectivity index (χ1) is 9.13. The topological polar surface area (TPSA) is 35.2 Å². The largest absolute Gasteiger partial charge is 0.489 e. The Kier molecular flexibility index (Phi) is 4.58. The van der Waals surface area contributed by atoms with E-state index in [2.05, 4.69) is 43.3 Å². The summed E-state index contributed by atoms with van der Waals surface area (Å²) in [4.78, 5) is 0. The zero-order chi connectivity index (χ0) is 13.7. The maximum absolute atomic E-state index is 5.78. The Balaban J connectivity index is 1.91. The maximum Gasteiger partial charge on any atom is 0.119 e. The van der Waals surface area contributed by atoms with Gasteiger partial charge < -0.3 is 10.5 Å². The van der Waals surface area contributed by atoms with Gasteiger partial charge in [0.25, 0.3) is 0 Å². The van der Waals surface area contributed by atoms with Gasteiger partial charge in [-0.2, -0.15) is 0 Å². The summed E-state index contributed by atoms with van der Waals surface area (Å²) in [7, 11) is 0. The summed E-state index contributed by atoms with van der Waals surface area (Å²) in [6.45, 7) is 4.70. The first kappa shape index (κ1) is 13.6. The molecule has 100 valence electrons. The van der Waals surface area contributed by atoms with Crippen molar-refractivity contribution in [3.63, 3.8) is 0 Å². The molecule has 0 spiro atoms. The second kappa shape index (κ2) is 6.39. The molecule has 1 atom stereocenters. The molecule has 0 bridgehead atoms. The van der Waals surface area contributed by atoms with Crippen LogP contribution in [0, 0.1) is 6.92 Å². The number of hydrogen-bond donors (Lipinski definition) is 1. The van der Waals surface area contributed by atoms with Gasteiger partial charge in [-0.15, -0.1) is 0 Å². The zero-order valence-corrected chi connectivity index (χ0v) is 11.6. The molecule has 0 saturated carbocycles. The lowest BCUT2D eigenvalue weighted by atomic mass is 10.1. The van der Waals surface area contributed by atoms with E-state index < -0.39 is 0 Å². The molecule has 2 N–H and O–H groups in total. The normalized spacial score (nSPS) is 12.2. The minimum atomic E-state index is 0.194. The van der Waals surface area contributed by atoms with Gasteiger partial charge in [-0.1, -0.05) is 42.0 Å². The van der Waals surface area contributed by atoms with E-state index in [0.29, 0.717) is 6.61 Å². The summed E-state index contributed by atoms with van der Waals surface area (Å²) in [5.41, 5.74) is 9.48. The van der Waals surface area contributed by atoms with Crippen molar-refractivity contribution in [2.45, 2.75) is 32.9 Å². The second-order valence-electron chi connectivity index (χ2n) is 5.10. The van der Waals surface area contributed by atoms with E-state index in [0.717, 1.165) is 12.2 Å². The monoisotopic (exact) mass is 255 g/mol. The van der Waals surface area contributed by atoms with Crippen LogP contribution >= 0.6 is 0 Å². The minimum absolute atomic E-state index is 0.194. The van der Waals surface area contributed by atoms with Gasteiger partial charge in [0.2, 0.25) is 0 Å². The van der Waals surface area contributed by atoms with Gasteiger partial charge in [0.1, 0.15) is 12.4 Å². The summed E-state index contributed by atoms with van der Waals surface area (Å²) in [5.74, 6) is 0.897. The highest BCUT2D eigenvalue weighted by Gasteiger charge is 1.99. The fourth-order valence-corrected chi connectivity index (χ4v) is 1.94. The maximum atomic E-state index is 5.78. The van der Waals surface area contributed by atoms with E-state index in [1.54, 1.807) is 0 Å². The van der Waals surface area contributed by atoms with E-state index in [1.807, 2.05) is 19.1 Å². The van der Waals surface area contributed by atoms with Gasteiger partial charge in [0.15, 0.2) is 0 Å². The van der Waals surface area contributed by atoms with Gasteiger partial charge in [0, 0.05) is 6.04 Å². The van der Waals surface area contributed by atoms with Gasteiger partial charge >= 0.3 is 0 Å². The van der Waals surface area contributed by atoms with E-state index >= 15 is 0 Å². The van der Waals surface area contributed by atoms with Crippen LogP contribution in [0.5, 0.6) is 5.75 Å². The van der Waals surface area contributed by atoms with Crippen molar-refractivity contribution in [3.8, 4) is 5.75 Å². The molecule has 2 nitrogen and oxygen atoms in total. The SMILES string of the molecule is Cc1ccc(COc2ccc(C[C@@H](C)N)cc2)cc1. The van der Waals surface area contributed by atoms with Crippen molar-refractivity contribution >= 4 is 0 Å². The van der Waals surface area contributed by atoms with Crippen molar-refractivity contribution in [2.75, 3.05) is 0 Å². The average molecular weight is 255 g/mol.